The average Bonchev–Trinajstić information content (AvgIpc) is 2.48. The van der Waals surface area contributed by atoms with Crippen LogP contribution in [0.15, 0.2) is 42.5 Å². The average molecular weight is 285 g/mol. The molecule has 21 heavy (non-hydrogen) atoms. The Bertz CT molecular complexity index is 652. The van der Waals surface area contributed by atoms with Gasteiger partial charge in [-0.2, -0.15) is 0 Å². The molecule has 2 aromatic carbocycles. The van der Waals surface area contributed by atoms with Crippen molar-refractivity contribution in [3.05, 3.63) is 53.6 Å². The number of likely N-dealkylation sites (N-methyl/N-ethyl adjacent to an activating group) is 1. The first-order chi connectivity index (χ1) is 10.0. The topological polar surface area (TPSA) is 60.8 Å². The minimum Gasteiger partial charge on any atom is -0.504 e. The number of hydrogen-bond donors (Lipinski definition) is 2. The molecule has 110 valence electrons. The van der Waals surface area contributed by atoms with Gasteiger partial charge in [0.15, 0.2) is 17.3 Å². The van der Waals surface area contributed by atoms with Crippen LogP contribution < -0.4 is 4.90 Å². The SMILES string of the molecule is CCN(CC(=O)c1ccc(O)c(O)c1)c1ccccc1C. The molecular formula is C17H19NO3. The van der Waals surface area contributed by atoms with E-state index in [1.54, 1.807) is 0 Å². The number of Topliss-reactive ketones (excluding diaryl/α,β-unsaturated/α-hetero) is 1. The number of carbonyl (C=O) groups is 1. The Morgan fingerprint density at radius 1 is 1.10 bits per heavy atom. The number of phenolic OH excluding ortho intramolecular Hbond substituents is 2. The first-order valence-corrected chi connectivity index (χ1v) is 6.88. The van der Waals surface area contributed by atoms with Crippen LogP contribution in [0.3, 0.4) is 0 Å². The van der Waals surface area contributed by atoms with Crippen LogP contribution in [-0.2, 0) is 0 Å². The van der Waals surface area contributed by atoms with Crippen LogP contribution in [0, 0.1) is 6.92 Å². The van der Waals surface area contributed by atoms with Gasteiger partial charge in [-0.1, -0.05) is 18.2 Å². The summed E-state index contributed by atoms with van der Waals surface area (Å²) in [6.45, 7) is 4.94. The van der Waals surface area contributed by atoms with Crippen molar-refractivity contribution >= 4 is 11.5 Å². The van der Waals surface area contributed by atoms with Gasteiger partial charge in [0.25, 0.3) is 0 Å². The van der Waals surface area contributed by atoms with Crippen LogP contribution >= 0.6 is 0 Å². The minimum atomic E-state index is -0.278. The van der Waals surface area contributed by atoms with Gasteiger partial charge in [-0.05, 0) is 43.7 Å². The van der Waals surface area contributed by atoms with E-state index in [2.05, 4.69) is 0 Å². The Labute approximate surface area is 124 Å². The smallest absolute Gasteiger partial charge is 0.182 e. The fourth-order valence-electron chi connectivity index (χ4n) is 2.25. The summed E-state index contributed by atoms with van der Waals surface area (Å²) in [4.78, 5) is 14.3. The Hall–Kier alpha value is -2.49. The predicted molar refractivity (Wildman–Crippen MR) is 83.2 cm³/mol. The quantitative estimate of drug-likeness (QED) is 0.654. The summed E-state index contributed by atoms with van der Waals surface area (Å²) in [5, 5.41) is 18.8. The molecular weight excluding hydrogens is 266 g/mol. The van der Waals surface area contributed by atoms with Gasteiger partial charge in [0.1, 0.15) is 0 Å². The second-order valence-electron chi connectivity index (χ2n) is 4.93. The molecule has 4 nitrogen and oxygen atoms in total. The lowest BCUT2D eigenvalue weighted by molar-refractivity contribution is 0.0999. The fourth-order valence-corrected chi connectivity index (χ4v) is 2.25. The molecule has 0 unspecified atom stereocenters. The summed E-state index contributed by atoms with van der Waals surface area (Å²) in [6, 6.07) is 12.0. The van der Waals surface area contributed by atoms with Crippen LogP contribution in [0.25, 0.3) is 0 Å². The Morgan fingerprint density at radius 2 is 1.81 bits per heavy atom. The van der Waals surface area contributed by atoms with Crippen molar-refractivity contribution in [3.8, 4) is 11.5 Å². The number of rotatable bonds is 5. The number of ketones is 1. The molecule has 0 bridgehead atoms. The molecule has 0 saturated heterocycles. The second kappa shape index (κ2) is 6.31. The number of carbonyl (C=O) groups excluding carboxylic acids is 1. The molecule has 4 heteroatoms. The van der Waals surface area contributed by atoms with Crippen molar-refractivity contribution in [2.45, 2.75) is 13.8 Å². The van der Waals surface area contributed by atoms with Gasteiger partial charge >= 0.3 is 0 Å². The predicted octanol–water partition coefficient (Wildman–Crippen LogP) is 3.12. The molecule has 2 aromatic rings. The first-order valence-electron chi connectivity index (χ1n) is 6.88. The molecule has 0 aliphatic rings. The highest BCUT2D eigenvalue weighted by Gasteiger charge is 2.14. The number of aryl methyl sites for hydroxylation is 1. The van der Waals surface area contributed by atoms with E-state index in [4.69, 9.17) is 0 Å². The van der Waals surface area contributed by atoms with Crippen molar-refractivity contribution in [2.24, 2.45) is 0 Å². The monoisotopic (exact) mass is 285 g/mol. The third kappa shape index (κ3) is 3.34. The van der Waals surface area contributed by atoms with Crippen molar-refractivity contribution in [3.63, 3.8) is 0 Å². The lowest BCUT2D eigenvalue weighted by Crippen LogP contribution is -2.30. The highest BCUT2D eigenvalue weighted by Crippen LogP contribution is 2.26. The molecule has 0 fully saturated rings. The molecule has 0 amide bonds. The molecule has 0 heterocycles. The van der Waals surface area contributed by atoms with Gasteiger partial charge in [-0.25, -0.2) is 0 Å². The third-order valence-corrected chi connectivity index (χ3v) is 3.47. The van der Waals surface area contributed by atoms with Gasteiger partial charge in [0.05, 0.1) is 6.54 Å². The van der Waals surface area contributed by atoms with Gasteiger partial charge < -0.3 is 15.1 Å². The first kappa shape index (κ1) is 14.9. The normalized spacial score (nSPS) is 10.4. The van der Waals surface area contributed by atoms with E-state index in [0.717, 1.165) is 11.3 Å². The summed E-state index contributed by atoms with van der Waals surface area (Å²) in [7, 11) is 0. The molecule has 2 rings (SSSR count). The maximum atomic E-state index is 12.3. The third-order valence-electron chi connectivity index (χ3n) is 3.47. The number of nitrogens with zero attached hydrogens (tertiary/aromatic N) is 1. The van der Waals surface area contributed by atoms with Gasteiger partial charge in [0, 0.05) is 17.8 Å². The lowest BCUT2D eigenvalue weighted by atomic mass is 10.1. The summed E-state index contributed by atoms with van der Waals surface area (Å²) >= 11 is 0. The standard InChI is InChI=1S/C17H19NO3/c1-3-18(14-7-5-4-6-12(14)2)11-17(21)13-8-9-15(19)16(20)10-13/h4-10,19-20H,3,11H2,1-2H3. The van der Waals surface area contributed by atoms with Crippen molar-refractivity contribution < 1.29 is 15.0 Å². The number of hydrogen-bond acceptors (Lipinski definition) is 4. The van der Waals surface area contributed by atoms with Crippen molar-refractivity contribution in [1.82, 2.24) is 0 Å². The largest absolute Gasteiger partial charge is 0.504 e. The van der Waals surface area contributed by atoms with E-state index in [1.165, 1.54) is 18.2 Å². The summed E-state index contributed by atoms with van der Waals surface area (Å²) in [6.07, 6.45) is 0. The van der Waals surface area contributed by atoms with E-state index >= 15 is 0 Å². The van der Waals surface area contributed by atoms with Crippen LogP contribution in [0.1, 0.15) is 22.8 Å². The molecule has 2 N–H and O–H groups in total. The fraction of sp³-hybridized carbons (Fsp3) is 0.235. The number of benzene rings is 2. The Kier molecular flexibility index (Phi) is 4.48. The highest BCUT2D eigenvalue weighted by molar-refractivity contribution is 5.99. The highest BCUT2D eigenvalue weighted by atomic mass is 16.3. The molecule has 0 aromatic heterocycles. The van der Waals surface area contributed by atoms with Crippen molar-refractivity contribution in [1.29, 1.82) is 0 Å². The zero-order valence-corrected chi connectivity index (χ0v) is 12.2. The summed E-state index contributed by atoms with van der Waals surface area (Å²) in [5.74, 6) is -0.604. The van der Waals surface area contributed by atoms with E-state index in [1.807, 2.05) is 43.0 Å². The zero-order valence-electron chi connectivity index (χ0n) is 12.2. The summed E-state index contributed by atoms with van der Waals surface area (Å²) < 4.78 is 0. The molecule has 0 aliphatic carbocycles. The maximum absolute atomic E-state index is 12.3. The van der Waals surface area contributed by atoms with Crippen LogP contribution in [-0.4, -0.2) is 29.1 Å². The maximum Gasteiger partial charge on any atom is 0.182 e. The van der Waals surface area contributed by atoms with E-state index < -0.39 is 0 Å². The number of aromatic hydroxyl groups is 2. The number of phenols is 2. The van der Waals surface area contributed by atoms with Crippen LogP contribution in [0.4, 0.5) is 5.69 Å². The van der Waals surface area contributed by atoms with E-state index in [-0.39, 0.29) is 23.8 Å². The van der Waals surface area contributed by atoms with Crippen molar-refractivity contribution in [2.75, 3.05) is 18.0 Å². The number of anilines is 1. The molecule has 0 saturated carbocycles. The van der Waals surface area contributed by atoms with Crippen LogP contribution in [0.5, 0.6) is 11.5 Å². The van der Waals surface area contributed by atoms with Gasteiger partial charge in [-0.3, -0.25) is 4.79 Å². The minimum absolute atomic E-state index is 0.101. The molecule has 0 aliphatic heterocycles. The van der Waals surface area contributed by atoms with Gasteiger partial charge in [-0.15, -0.1) is 0 Å². The second-order valence-corrected chi connectivity index (χ2v) is 4.93. The van der Waals surface area contributed by atoms with Gasteiger partial charge in [0.2, 0.25) is 0 Å². The number of para-hydroxylation sites is 1. The van der Waals surface area contributed by atoms with E-state index in [9.17, 15) is 15.0 Å². The molecule has 0 radical (unpaired) electrons. The Morgan fingerprint density at radius 3 is 2.43 bits per heavy atom. The zero-order chi connectivity index (χ0) is 15.4. The molecule has 0 spiro atoms. The van der Waals surface area contributed by atoms with Crippen LogP contribution in [0.2, 0.25) is 0 Å². The lowest BCUT2D eigenvalue weighted by Gasteiger charge is -2.24. The molecule has 0 atom stereocenters. The summed E-state index contributed by atoms with van der Waals surface area (Å²) in [5.41, 5.74) is 2.52. The Balaban J connectivity index is 2.20. The van der Waals surface area contributed by atoms with E-state index in [0.29, 0.717) is 12.1 Å².